The fourth-order valence-corrected chi connectivity index (χ4v) is 2.32. The van der Waals surface area contributed by atoms with Crippen LogP contribution in [-0.2, 0) is 6.42 Å². The van der Waals surface area contributed by atoms with Crippen LogP contribution in [0.3, 0.4) is 0 Å². The summed E-state index contributed by atoms with van der Waals surface area (Å²) in [5, 5.41) is 13.4. The first kappa shape index (κ1) is 12.3. The molecule has 4 heteroatoms. The van der Waals surface area contributed by atoms with Gasteiger partial charge in [-0.2, -0.15) is 0 Å². The number of hydrogen-bond acceptors (Lipinski definition) is 4. The molecular weight excluding hydrogens is 214 g/mol. The van der Waals surface area contributed by atoms with Crippen LogP contribution in [-0.4, -0.2) is 27.2 Å². The number of aryl methyl sites for hydroxylation is 1. The van der Waals surface area contributed by atoms with E-state index in [-0.39, 0.29) is 12.1 Å². The average molecular weight is 235 g/mol. The summed E-state index contributed by atoms with van der Waals surface area (Å²) in [5.41, 5.74) is 1.03. The third-order valence-electron chi connectivity index (χ3n) is 3.40. The van der Waals surface area contributed by atoms with Crippen LogP contribution in [0.4, 0.5) is 5.82 Å². The molecule has 2 rings (SSSR count). The van der Waals surface area contributed by atoms with Crippen molar-refractivity contribution in [2.75, 3.05) is 5.32 Å². The molecule has 1 aromatic heterocycles. The van der Waals surface area contributed by atoms with E-state index in [0.717, 1.165) is 37.2 Å². The quantitative estimate of drug-likeness (QED) is 0.788. The van der Waals surface area contributed by atoms with E-state index in [2.05, 4.69) is 22.2 Å². The van der Waals surface area contributed by atoms with Gasteiger partial charge in [-0.3, -0.25) is 0 Å². The lowest BCUT2D eigenvalue weighted by Gasteiger charge is -2.22. The van der Waals surface area contributed by atoms with Crippen LogP contribution in [0.25, 0.3) is 0 Å². The Balaban J connectivity index is 2.02. The third kappa shape index (κ3) is 3.40. The summed E-state index contributed by atoms with van der Waals surface area (Å²) in [6.45, 7) is 2.08. The second-order valence-electron chi connectivity index (χ2n) is 4.70. The zero-order valence-corrected chi connectivity index (χ0v) is 10.4. The van der Waals surface area contributed by atoms with Gasteiger partial charge in [0.1, 0.15) is 12.1 Å². The van der Waals surface area contributed by atoms with E-state index in [9.17, 15) is 5.11 Å². The number of aliphatic hydroxyl groups is 1. The summed E-state index contributed by atoms with van der Waals surface area (Å²) in [6.07, 6.45) is 7.69. The molecule has 1 fully saturated rings. The first-order chi connectivity index (χ1) is 8.29. The molecule has 0 amide bonds. The lowest BCUT2D eigenvalue weighted by Crippen LogP contribution is -2.32. The number of hydrogen-bond donors (Lipinski definition) is 2. The topological polar surface area (TPSA) is 58.0 Å². The van der Waals surface area contributed by atoms with Gasteiger partial charge in [-0.15, -0.1) is 0 Å². The maximum atomic E-state index is 10.0. The molecule has 17 heavy (non-hydrogen) atoms. The SMILES string of the molecule is CCc1cc(NC2CCCCCC2O)ncn1. The number of nitrogens with zero attached hydrogens (tertiary/aromatic N) is 2. The van der Waals surface area contributed by atoms with Gasteiger partial charge in [-0.05, 0) is 19.3 Å². The van der Waals surface area contributed by atoms with E-state index >= 15 is 0 Å². The molecule has 0 bridgehead atoms. The highest BCUT2D eigenvalue weighted by molar-refractivity contribution is 5.36. The van der Waals surface area contributed by atoms with Crippen molar-refractivity contribution in [2.24, 2.45) is 0 Å². The predicted molar refractivity (Wildman–Crippen MR) is 67.9 cm³/mol. The Morgan fingerprint density at radius 1 is 1.29 bits per heavy atom. The molecule has 1 aliphatic carbocycles. The van der Waals surface area contributed by atoms with Crippen molar-refractivity contribution in [1.82, 2.24) is 9.97 Å². The predicted octanol–water partition coefficient (Wildman–Crippen LogP) is 2.14. The third-order valence-corrected chi connectivity index (χ3v) is 3.40. The Morgan fingerprint density at radius 3 is 2.94 bits per heavy atom. The van der Waals surface area contributed by atoms with Gasteiger partial charge in [-0.25, -0.2) is 9.97 Å². The van der Waals surface area contributed by atoms with Crippen LogP contribution in [0.15, 0.2) is 12.4 Å². The zero-order chi connectivity index (χ0) is 12.1. The second-order valence-corrected chi connectivity index (χ2v) is 4.70. The maximum Gasteiger partial charge on any atom is 0.129 e. The fourth-order valence-electron chi connectivity index (χ4n) is 2.32. The second kappa shape index (κ2) is 5.96. The molecule has 0 radical (unpaired) electrons. The molecule has 2 atom stereocenters. The first-order valence-electron chi connectivity index (χ1n) is 6.55. The summed E-state index contributed by atoms with van der Waals surface area (Å²) in [7, 11) is 0. The van der Waals surface area contributed by atoms with Crippen LogP contribution in [0, 0.1) is 0 Å². The van der Waals surface area contributed by atoms with Crippen LogP contribution in [0.1, 0.15) is 44.7 Å². The van der Waals surface area contributed by atoms with Crippen molar-refractivity contribution >= 4 is 5.82 Å². The van der Waals surface area contributed by atoms with Crippen molar-refractivity contribution in [1.29, 1.82) is 0 Å². The normalized spacial score (nSPS) is 25.3. The summed E-state index contributed by atoms with van der Waals surface area (Å²) in [5.74, 6) is 0.836. The molecule has 0 aromatic carbocycles. The van der Waals surface area contributed by atoms with E-state index in [1.807, 2.05) is 6.07 Å². The highest BCUT2D eigenvalue weighted by Gasteiger charge is 2.21. The van der Waals surface area contributed by atoms with Gasteiger partial charge in [0.05, 0.1) is 12.1 Å². The van der Waals surface area contributed by atoms with E-state index in [1.165, 1.54) is 12.8 Å². The van der Waals surface area contributed by atoms with Crippen LogP contribution in [0.5, 0.6) is 0 Å². The van der Waals surface area contributed by atoms with Gasteiger partial charge in [0.15, 0.2) is 0 Å². The minimum atomic E-state index is -0.252. The smallest absolute Gasteiger partial charge is 0.129 e. The van der Waals surface area contributed by atoms with Crippen molar-refractivity contribution < 1.29 is 5.11 Å². The Morgan fingerprint density at radius 2 is 2.12 bits per heavy atom. The summed E-state index contributed by atoms with van der Waals surface area (Å²) in [4.78, 5) is 8.39. The Hall–Kier alpha value is -1.16. The lowest BCUT2D eigenvalue weighted by molar-refractivity contribution is 0.144. The number of aliphatic hydroxyl groups excluding tert-OH is 1. The molecule has 1 heterocycles. The highest BCUT2D eigenvalue weighted by Crippen LogP contribution is 2.21. The minimum Gasteiger partial charge on any atom is -0.391 e. The minimum absolute atomic E-state index is 0.136. The average Bonchev–Trinajstić information content (AvgIpc) is 2.55. The number of anilines is 1. The molecule has 2 unspecified atom stereocenters. The molecule has 1 saturated carbocycles. The number of aromatic nitrogens is 2. The number of nitrogens with one attached hydrogen (secondary N) is 1. The Labute approximate surface area is 102 Å². The fraction of sp³-hybridized carbons (Fsp3) is 0.692. The van der Waals surface area contributed by atoms with Crippen LogP contribution >= 0.6 is 0 Å². The van der Waals surface area contributed by atoms with Crippen LogP contribution in [0.2, 0.25) is 0 Å². The Bertz CT molecular complexity index is 356. The highest BCUT2D eigenvalue weighted by atomic mass is 16.3. The van der Waals surface area contributed by atoms with Gasteiger partial charge in [0.25, 0.3) is 0 Å². The van der Waals surface area contributed by atoms with E-state index in [1.54, 1.807) is 6.33 Å². The molecule has 1 aromatic rings. The molecule has 1 aliphatic rings. The first-order valence-corrected chi connectivity index (χ1v) is 6.55. The van der Waals surface area contributed by atoms with E-state index in [4.69, 9.17) is 0 Å². The monoisotopic (exact) mass is 235 g/mol. The van der Waals surface area contributed by atoms with Crippen molar-refractivity contribution in [2.45, 2.75) is 57.6 Å². The molecule has 0 spiro atoms. The van der Waals surface area contributed by atoms with Crippen molar-refractivity contribution in [3.05, 3.63) is 18.1 Å². The van der Waals surface area contributed by atoms with Gasteiger partial charge in [0.2, 0.25) is 0 Å². The van der Waals surface area contributed by atoms with E-state index < -0.39 is 0 Å². The number of rotatable bonds is 3. The van der Waals surface area contributed by atoms with E-state index in [0.29, 0.717) is 0 Å². The largest absolute Gasteiger partial charge is 0.391 e. The molecule has 0 aliphatic heterocycles. The van der Waals surface area contributed by atoms with Gasteiger partial charge < -0.3 is 10.4 Å². The lowest BCUT2D eigenvalue weighted by atomic mass is 10.1. The molecule has 94 valence electrons. The standard InChI is InChI=1S/C13H21N3O/c1-2-10-8-13(15-9-14-10)16-11-6-4-3-5-7-12(11)17/h8-9,11-12,17H,2-7H2,1H3,(H,14,15,16). The Kier molecular flexibility index (Phi) is 4.31. The molecule has 2 N–H and O–H groups in total. The summed E-state index contributed by atoms with van der Waals surface area (Å²) < 4.78 is 0. The van der Waals surface area contributed by atoms with Gasteiger partial charge in [0, 0.05) is 11.8 Å². The summed E-state index contributed by atoms with van der Waals surface area (Å²) >= 11 is 0. The summed E-state index contributed by atoms with van der Waals surface area (Å²) in [6, 6.07) is 2.11. The van der Waals surface area contributed by atoms with Crippen molar-refractivity contribution in [3.8, 4) is 0 Å². The maximum absolute atomic E-state index is 10.0. The molecular formula is C13H21N3O. The molecule has 0 saturated heterocycles. The van der Waals surface area contributed by atoms with Gasteiger partial charge in [-0.1, -0.05) is 26.2 Å². The molecule has 4 nitrogen and oxygen atoms in total. The van der Waals surface area contributed by atoms with Crippen LogP contribution < -0.4 is 5.32 Å². The van der Waals surface area contributed by atoms with Crippen molar-refractivity contribution in [3.63, 3.8) is 0 Å². The zero-order valence-electron chi connectivity index (χ0n) is 10.4. The van der Waals surface area contributed by atoms with Gasteiger partial charge >= 0.3 is 0 Å².